The van der Waals surface area contributed by atoms with Crippen LogP contribution >= 0.6 is 11.3 Å². The van der Waals surface area contributed by atoms with Crippen molar-refractivity contribution < 1.29 is 9.53 Å². The predicted octanol–water partition coefficient (Wildman–Crippen LogP) is 4.32. The van der Waals surface area contributed by atoms with Crippen LogP contribution in [0.2, 0.25) is 0 Å². The zero-order valence-corrected chi connectivity index (χ0v) is 13.3. The fourth-order valence-electron chi connectivity index (χ4n) is 1.76. The number of carbonyl (C=O) groups excluding carboxylic acids is 1. The topological polar surface area (TPSA) is 76.7 Å². The predicted molar refractivity (Wildman–Crippen MR) is 97.0 cm³/mol. The van der Waals surface area contributed by atoms with E-state index in [9.17, 15) is 4.79 Å². The molecule has 1 amide bonds. The van der Waals surface area contributed by atoms with Crippen LogP contribution in [-0.4, -0.2) is 18.9 Å². The summed E-state index contributed by atoms with van der Waals surface area (Å²) >= 11 is 1.62. The number of nitrogens with two attached hydrogens (primary N) is 1. The monoisotopic (exact) mass is 327 g/mol. The van der Waals surface area contributed by atoms with Gasteiger partial charge in [0, 0.05) is 17.3 Å². The standard InChI is InChI=1S/C17H17N3O2S/c1-2-19-9-3-4-10-22-17(21)20-15-12-13(7-8-14(15)18)16-6-5-11-23-16/h2-9,11-12H,1,10,18H2,(H,20,21)/b4-3+,19-9?. The molecule has 2 rings (SSSR count). The highest BCUT2D eigenvalue weighted by Crippen LogP contribution is 2.30. The lowest BCUT2D eigenvalue weighted by molar-refractivity contribution is 0.174. The third kappa shape index (κ3) is 5.12. The molecule has 0 spiro atoms. The van der Waals surface area contributed by atoms with Crippen LogP contribution in [-0.2, 0) is 4.74 Å². The number of hydrogen-bond donors (Lipinski definition) is 2. The smallest absolute Gasteiger partial charge is 0.412 e. The second-order valence-electron chi connectivity index (χ2n) is 4.41. The summed E-state index contributed by atoms with van der Waals surface area (Å²) in [7, 11) is 0. The number of carbonyl (C=O) groups is 1. The SMILES string of the molecule is C=CN=C/C=C/COC(=O)Nc1cc(-c2cccs2)ccc1N. The molecule has 23 heavy (non-hydrogen) atoms. The maximum absolute atomic E-state index is 11.8. The second kappa shape index (κ2) is 8.55. The van der Waals surface area contributed by atoms with Gasteiger partial charge in [-0.25, -0.2) is 4.79 Å². The molecule has 5 nitrogen and oxygen atoms in total. The van der Waals surface area contributed by atoms with Crippen LogP contribution in [0.3, 0.4) is 0 Å². The van der Waals surface area contributed by atoms with Crippen LogP contribution in [0, 0.1) is 0 Å². The van der Waals surface area contributed by atoms with E-state index >= 15 is 0 Å². The molecular weight excluding hydrogens is 310 g/mol. The number of nitrogens with zero attached hydrogens (tertiary/aromatic N) is 1. The van der Waals surface area contributed by atoms with E-state index in [1.807, 2.05) is 29.6 Å². The normalized spacial score (nSPS) is 11.0. The van der Waals surface area contributed by atoms with E-state index in [1.165, 1.54) is 6.20 Å². The Balaban J connectivity index is 1.95. The third-order valence-electron chi connectivity index (χ3n) is 2.82. The largest absolute Gasteiger partial charge is 0.445 e. The lowest BCUT2D eigenvalue weighted by Crippen LogP contribution is -2.14. The Labute approximate surface area is 138 Å². The Morgan fingerprint density at radius 2 is 2.30 bits per heavy atom. The average molecular weight is 327 g/mol. The summed E-state index contributed by atoms with van der Waals surface area (Å²) < 4.78 is 5.03. The van der Waals surface area contributed by atoms with Crippen molar-refractivity contribution in [2.24, 2.45) is 4.99 Å². The number of nitrogen functional groups attached to an aromatic ring is 1. The van der Waals surface area contributed by atoms with E-state index in [-0.39, 0.29) is 6.61 Å². The first-order valence-corrected chi connectivity index (χ1v) is 7.75. The lowest BCUT2D eigenvalue weighted by atomic mass is 10.1. The summed E-state index contributed by atoms with van der Waals surface area (Å²) in [6.45, 7) is 3.59. The average Bonchev–Trinajstić information content (AvgIpc) is 3.07. The molecule has 0 saturated heterocycles. The number of benzene rings is 1. The summed E-state index contributed by atoms with van der Waals surface area (Å²) in [5.74, 6) is 0. The maximum Gasteiger partial charge on any atom is 0.412 e. The third-order valence-corrected chi connectivity index (χ3v) is 3.74. The molecule has 1 heterocycles. The number of hydrogen-bond acceptors (Lipinski definition) is 5. The van der Waals surface area contributed by atoms with Gasteiger partial charge < -0.3 is 10.5 Å². The molecule has 0 aliphatic carbocycles. The number of anilines is 2. The van der Waals surface area contributed by atoms with Gasteiger partial charge in [-0.1, -0.05) is 18.7 Å². The number of nitrogens with one attached hydrogen (secondary N) is 1. The minimum Gasteiger partial charge on any atom is -0.445 e. The van der Waals surface area contributed by atoms with Gasteiger partial charge in [-0.05, 0) is 41.3 Å². The Morgan fingerprint density at radius 1 is 1.43 bits per heavy atom. The summed E-state index contributed by atoms with van der Waals surface area (Å²) in [5.41, 5.74) is 7.89. The Hall–Kier alpha value is -2.86. The zero-order chi connectivity index (χ0) is 16.5. The van der Waals surface area contributed by atoms with Crippen molar-refractivity contribution in [3.8, 4) is 10.4 Å². The highest BCUT2D eigenvalue weighted by atomic mass is 32.1. The highest BCUT2D eigenvalue weighted by molar-refractivity contribution is 7.13. The minimum absolute atomic E-state index is 0.138. The molecule has 0 bridgehead atoms. The van der Waals surface area contributed by atoms with E-state index in [0.29, 0.717) is 11.4 Å². The van der Waals surface area contributed by atoms with Crippen molar-refractivity contribution in [3.05, 3.63) is 60.6 Å². The lowest BCUT2D eigenvalue weighted by Gasteiger charge is -2.09. The first kappa shape index (κ1) is 16.5. The fourth-order valence-corrected chi connectivity index (χ4v) is 2.48. The maximum atomic E-state index is 11.8. The fraction of sp³-hybridized carbons (Fsp3) is 0.0588. The van der Waals surface area contributed by atoms with E-state index in [2.05, 4.69) is 16.9 Å². The van der Waals surface area contributed by atoms with E-state index in [0.717, 1.165) is 10.4 Å². The highest BCUT2D eigenvalue weighted by Gasteiger charge is 2.08. The first-order chi connectivity index (χ1) is 11.2. The van der Waals surface area contributed by atoms with Gasteiger partial charge in [-0.15, -0.1) is 11.3 Å². The van der Waals surface area contributed by atoms with E-state index in [4.69, 9.17) is 10.5 Å². The molecule has 0 aliphatic heterocycles. The van der Waals surface area contributed by atoms with Gasteiger partial charge in [0.15, 0.2) is 0 Å². The molecular formula is C17H17N3O2S. The quantitative estimate of drug-likeness (QED) is 0.613. The molecule has 0 radical (unpaired) electrons. The van der Waals surface area contributed by atoms with Gasteiger partial charge in [0.05, 0.1) is 11.4 Å². The molecule has 1 aromatic heterocycles. The Bertz CT molecular complexity index is 721. The number of allylic oxidation sites excluding steroid dienone is 1. The van der Waals surface area contributed by atoms with E-state index < -0.39 is 6.09 Å². The van der Waals surface area contributed by atoms with Gasteiger partial charge in [-0.3, -0.25) is 10.3 Å². The number of rotatable bonds is 6. The molecule has 0 saturated carbocycles. The summed E-state index contributed by atoms with van der Waals surface area (Å²) in [6.07, 6.45) is 5.74. The molecule has 0 aliphatic rings. The van der Waals surface area contributed by atoms with Crippen molar-refractivity contribution in [1.82, 2.24) is 0 Å². The van der Waals surface area contributed by atoms with Crippen molar-refractivity contribution in [3.63, 3.8) is 0 Å². The van der Waals surface area contributed by atoms with E-state index in [1.54, 1.807) is 35.8 Å². The van der Waals surface area contributed by atoms with Crippen LogP contribution in [0.1, 0.15) is 0 Å². The number of thiophene rings is 1. The molecule has 118 valence electrons. The number of aliphatic imine (C=N–C) groups is 1. The van der Waals surface area contributed by atoms with Gasteiger partial charge in [0.2, 0.25) is 0 Å². The molecule has 0 fully saturated rings. The van der Waals surface area contributed by atoms with Crippen molar-refractivity contribution in [1.29, 1.82) is 0 Å². The second-order valence-corrected chi connectivity index (χ2v) is 5.36. The van der Waals surface area contributed by atoms with Crippen LogP contribution in [0.5, 0.6) is 0 Å². The minimum atomic E-state index is -0.565. The van der Waals surface area contributed by atoms with Gasteiger partial charge in [0.25, 0.3) is 0 Å². The molecule has 0 atom stereocenters. The molecule has 2 aromatic rings. The first-order valence-electron chi connectivity index (χ1n) is 6.87. The van der Waals surface area contributed by atoms with Crippen molar-refractivity contribution in [2.45, 2.75) is 0 Å². The number of amides is 1. The van der Waals surface area contributed by atoms with Crippen LogP contribution in [0.15, 0.2) is 65.6 Å². The molecule has 6 heteroatoms. The molecule has 1 aromatic carbocycles. The van der Waals surface area contributed by atoms with Crippen molar-refractivity contribution in [2.75, 3.05) is 17.7 Å². The molecule has 0 unspecified atom stereocenters. The Kier molecular flexibility index (Phi) is 6.14. The summed E-state index contributed by atoms with van der Waals surface area (Å²) in [4.78, 5) is 16.7. The molecule has 3 N–H and O–H groups in total. The van der Waals surface area contributed by atoms with Crippen LogP contribution in [0.4, 0.5) is 16.2 Å². The van der Waals surface area contributed by atoms with Gasteiger partial charge >= 0.3 is 6.09 Å². The zero-order valence-electron chi connectivity index (χ0n) is 12.4. The van der Waals surface area contributed by atoms with Crippen LogP contribution in [0.25, 0.3) is 10.4 Å². The van der Waals surface area contributed by atoms with Gasteiger partial charge in [-0.2, -0.15) is 0 Å². The summed E-state index contributed by atoms with van der Waals surface area (Å²) in [5, 5.41) is 4.64. The van der Waals surface area contributed by atoms with Gasteiger partial charge in [0.1, 0.15) is 6.61 Å². The number of ether oxygens (including phenoxy) is 1. The van der Waals surface area contributed by atoms with Crippen LogP contribution < -0.4 is 11.1 Å². The summed E-state index contributed by atoms with van der Waals surface area (Å²) in [6, 6.07) is 9.48. The Morgan fingerprint density at radius 3 is 3.04 bits per heavy atom. The van der Waals surface area contributed by atoms with Crippen molar-refractivity contribution >= 4 is 35.0 Å².